The van der Waals surface area contributed by atoms with Crippen molar-refractivity contribution >= 4 is 17.8 Å². The third kappa shape index (κ3) is 5.15. The predicted molar refractivity (Wildman–Crippen MR) is 141 cm³/mol. The molecular formula is C28H26F3N5OS. The lowest BCUT2D eigenvalue weighted by atomic mass is 9.96. The normalized spacial score (nSPS) is 15.8. The topological polar surface area (TPSA) is 58.3 Å². The molecule has 2 aliphatic heterocycles. The average molecular weight is 538 g/mol. The highest BCUT2D eigenvalue weighted by atomic mass is 32.2. The van der Waals surface area contributed by atoms with E-state index in [9.17, 15) is 13.2 Å². The first kappa shape index (κ1) is 24.9. The van der Waals surface area contributed by atoms with Crippen molar-refractivity contribution in [3.8, 4) is 11.5 Å². The highest BCUT2D eigenvalue weighted by molar-refractivity contribution is 7.96. The van der Waals surface area contributed by atoms with E-state index in [1.807, 2.05) is 4.90 Å². The first-order valence-corrected chi connectivity index (χ1v) is 13.7. The number of benzene rings is 2. The summed E-state index contributed by atoms with van der Waals surface area (Å²) in [6, 6.07) is 15.2. The molecule has 2 aromatic heterocycles. The molecule has 0 atom stereocenters. The Morgan fingerprint density at radius 1 is 0.921 bits per heavy atom. The standard InChI is InChI=1S/C28H26F3N5OS/c1-38-36-11-9-20-14-21(4-5-23(20)17-36)27-33-25(34-37-27)13-18-2-3-22-16-35(10-8-19(22)12-18)26-7-6-24(15-32-26)28(29,30)31/h2-7,12,14-15H,8-11,13,16-17H2,1H3. The number of aromatic nitrogens is 3. The summed E-state index contributed by atoms with van der Waals surface area (Å²) in [5.41, 5.74) is 6.36. The molecule has 4 heterocycles. The van der Waals surface area contributed by atoms with Crippen LogP contribution in [0.25, 0.3) is 11.5 Å². The summed E-state index contributed by atoms with van der Waals surface area (Å²) in [7, 11) is 0. The van der Waals surface area contributed by atoms with Gasteiger partial charge < -0.3 is 9.42 Å². The smallest absolute Gasteiger partial charge is 0.352 e. The summed E-state index contributed by atoms with van der Waals surface area (Å²) in [6.07, 6.45) is 0.980. The highest BCUT2D eigenvalue weighted by Crippen LogP contribution is 2.31. The first-order valence-electron chi connectivity index (χ1n) is 12.5. The molecule has 0 aliphatic carbocycles. The summed E-state index contributed by atoms with van der Waals surface area (Å²) in [5.74, 6) is 1.72. The van der Waals surface area contributed by atoms with Gasteiger partial charge in [-0.1, -0.05) is 41.4 Å². The number of anilines is 1. The number of nitrogens with zero attached hydrogens (tertiary/aromatic N) is 5. The summed E-state index contributed by atoms with van der Waals surface area (Å²) in [4.78, 5) is 10.7. The SMILES string of the molecule is CSN1CCc2cc(-c3nc(Cc4ccc5c(c4)CCN(c4ccc(C(F)(F)F)cn4)C5)no3)ccc2C1. The van der Waals surface area contributed by atoms with Crippen LogP contribution in [0.2, 0.25) is 0 Å². The fourth-order valence-electron chi connectivity index (χ4n) is 5.09. The van der Waals surface area contributed by atoms with Crippen LogP contribution in [0.5, 0.6) is 0 Å². The Hall–Kier alpha value is -3.37. The molecule has 2 aliphatic rings. The van der Waals surface area contributed by atoms with Crippen molar-refractivity contribution in [1.29, 1.82) is 0 Å². The minimum atomic E-state index is -4.38. The minimum Gasteiger partial charge on any atom is -0.352 e. The van der Waals surface area contributed by atoms with Crippen molar-refractivity contribution in [2.75, 3.05) is 24.2 Å². The Labute approximate surface area is 223 Å². The van der Waals surface area contributed by atoms with Crippen LogP contribution >= 0.6 is 11.9 Å². The zero-order valence-electron chi connectivity index (χ0n) is 20.8. The largest absolute Gasteiger partial charge is 0.417 e. The van der Waals surface area contributed by atoms with Crippen molar-refractivity contribution < 1.29 is 17.7 Å². The van der Waals surface area contributed by atoms with Crippen LogP contribution in [0.15, 0.2) is 59.3 Å². The number of fused-ring (bicyclic) bond motifs is 2. The zero-order valence-corrected chi connectivity index (χ0v) is 21.6. The lowest BCUT2D eigenvalue weighted by Crippen LogP contribution is -2.31. The van der Waals surface area contributed by atoms with Gasteiger partial charge in [0.15, 0.2) is 5.82 Å². The van der Waals surface area contributed by atoms with Crippen molar-refractivity contribution in [2.45, 2.75) is 38.5 Å². The third-order valence-corrected chi connectivity index (χ3v) is 8.03. The Morgan fingerprint density at radius 3 is 2.50 bits per heavy atom. The minimum absolute atomic E-state index is 0.535. The summed E-state index contributed by atoms with van der Waals surface area (Å²) < 4.78 is 46.5. The van der Waals surface area contributed by atoms with Gasteiger partial charge in [0.05, 0.1) is 5.56 Å². The van der Waals surface area contributed by atoms with Gasteiger partial charge in [-0.2, -0.15) is 18.2 Å². The second kappa shape index (κ2) is 10.1. The number of rotatable bonds is 5. The molecule has 0 unspecified atom stereocenters. The first-order chi connectivity index (χ1) is 18.4. The maximum atomic E-state index is 12.9. The molecule has 0 bridgehead atoms. The Kier molecular flexibility index (Phi) is 6.61. The molecule has 4 aromatic rings. The molecule has 0 N–H and O–H groups in total. The van der Waals surface area contributed by atoms with E-state index >= 15 is 0 Å². The van der Waals surface area contributed by atoms with Gasteiger partial charge in [-0.25, -0.2) is 9.29 Å². The monoisotopic (exact) mass is 537 g/mol. The van der Waals surface area contributed by atoms with E-state index in [1.54, 1.807) is 11.9 Å². The molecule has 0 amide bonds. The fourth-order valence-corrected chi connectivity index (χ4v) is 5.64. The van der Waals surface area contributed by atoms with Crippen LogP contribution in [-0.4, -0.2) is 38.8 Å². The molecule has 2 aromatic carbocycles. The predicted octanol–water partition coefficient (Wildman–Crippen LogP) is 5.94. The van der Waals surface area contributed by atoms with Crippen LogP contribution in [0.3, 0.4) is 0 Å². The van der Waals surface area contributed by atoms with E-state index in [1.165, 1.54) is 22.8 Å². The molecule has 0 fully saturated rings. The molecule has 0 saturated carbocycles. The molecule has 6 rings (SSSR count). The van der Waals surface area contributed by atoms with Crippen LogP contribution in [-0.2, 0) is 38.5 Å². The Bertz CT molecular complexity index is 1450. The van der Waals surface area contributed by atoms with E-state index < -0.39 is 11.7 Å². The van der Waals surface area contributed by atoms with E-state index in [0.717, 1.165) is 54.9 Å². The van der Waals surface area contributed by atoms with E-state index in [2.05, 4.69) is 62.1 Å². The van der Waals surface area contributed by atoms with Crippen molar-refractivity contribution in [1.82, 2.24) is 19.4 Å². The third-order valence-electron chi connectivity index (χ3n) is 7.20. The lowest BCUT2D eigenvalue weighted by Gasteiger charge is -2.30. The van der Waals surface area contributed by atoms with Gasteiger partial charge in [-0.3, -0.25) is 0 Å². The molecule has 0 saturated heterocycles. The second-order valence-corrected chi connectivity index (χ2v) is 10.5. The van der Waals surface area contributed by atoms with Gasteiger partial charge >= 0.3 is 6.18 Å². The fraction of sp³-hybridized carbons (Fsp3) is 0.321. The van der Waals surface area contributed by atoms with Gasteiger partial charge in [0.2, 0.25) is 0 Å². The average Bonchev–Trinajstić information content (AvgIpc) is 3.40. The van der Waals surface area contributed by atoms with Crippen LogP contribution < -0.4 is 4.90 Å². The van der Waals surface area contributed by atoms with Crippen molar-refractivity contribution in [3.63, 3.8) is 0 Å². The van der Waals surface area contributed by atoms with Gasteiger partial charge in [0.1, 0.15) is 5.82 Å². The molecule has 10 heteroatoms. The quantitative estimate of drug-likeness (QED) is 0.292. The second-order valence-electron chi connectivity index (χ2n) is 9.65. The molecule has 38 heavy (non-hydrogen) atoms. The molecule has 196 valence electrons. The molecular weight excluding hydrogens is 511 g/mol. The summed E-state index contributed by atoms with van der Waals surface area (Å²) in [5, 5.41) is 4.22. The molecule has 6 nitrogen and oxygen atoms in total. The van der Waals surface area contributed by atoms with Crippen molar-refractivity contribution in [2.24, 2.45) is 0 Å². The van der Waals surface area contributed by atoms with E-state index in [-0.39, 0.29) is 0 Å². The number of halogens is 3. The van der Waals surface area contributed by atoms with Crippen LogP contribution in [0.1, 0.15) is 39.2 Å². The van der Waals surface area contributed by atoms with Gasteiger partial charge in [0, 0.05) is 44.4 Å². The molecule has 0 radical (unpaired) electrons. The Morgan fingerprint density at radius 2 is 1.71 bits per heavy atom. The van der Waals surface area contributed by atoms with Gasteiger partial charge in [-0.15, -0.1) is 0 Å². The van der Waals surface area contributed by atoms with Crippen molar-refractivity contribution in [3.05, 3.63) is 93.9 Å². The number of hydrogen-bond acceptors (Lipinski definition) is 7. The molecule has 0 spiro atoms. The van der Waals surface area contributed by atoms with E-state index in [0.29, 0.717) is 37.0 Å². The lowest BCUT2D eigenvalue weighted by molar-refractivity contribution is -0.137. The maximum absolute atomic E-state index is 12.9. The van der Waals surface area contributed by atoms with Gasteiger partial charge in [0.25, 0.3) is 5.89 Å². The highest BCUT2D eigenvalue weighted by Gasteiger charge is 2.31. The number of pyridine rings is 1. The zero-order chi connectivity index (χ0) is 26.3. The number of alkyl halides is 3. The number of hydrogen-bond donors (Lipinski definition) is 0. The van der Waals surface area contributed by atoms with Crippen LogP contribution in [0.4, 0.5) is 19.0 Å². The van der Waals surface area contributed by atoms with Gasteiger partial charge in [-0.05, 0) is 71.2 Å². The van der Waals surface area contributed by atoms with E-state index in [4.69, 9.17) is 4.52 Å². The Balaban J connectivity index is 1.12. The van der Waals surface area contributed by atoms with Crippen LogP contribution in [0, 0.1) is 0 Å². The summed E-state index contributed by atoms with van der Waals surface area (Å²) >= 11 is 1.78. The summed E-state index contributed by atoms with van der Waals surface area (Å²) in [6.45, 7) is 3.27. The maximum Gasteiger partial charge on any atom is 0.417 e.